The lowest BCUT2D eigenvalue weighted by Crippen LogP contribution is -2.45. The molecule has 1 amide bonds. The van der Waals surface area contributed by atoms with Crippen LogP contribution in [0.2, 0.25) is 0 Å². The van der Waals surface area contributed by atoms with E-state index in [1.165, 1.54) is 154 Å². The van der Waals surface area contributed by atoms with Crippen LogP contribution in [0.5, 0.6) is 0 Å². The van der Waals surface area contributed by atoms with Gasteiger partial charge in [-0.2, -0.15) is 0 Å². The molecule has 0 saturated heterocycles. The molecule has 0 heterocycles. The smallest absolute Gasteiger partial charge is 0.305 e. The fourth-order valence-corrected chi connectivity index (χ4v) is 6.98. The van der Waals surface area contributed by atoms with E-state index >= 15 is 0 Å². The highest BCUT2D eigenvalue weighted by Gasteiger charge is 2.20. The molecule has 0 radical (unpaired) electrons. The molecule has 0 fully saturated rings. The van der Waals surface area contributed by atoms with Gasteiger partial charge in [0, 0.05) is 12.8 Å². The summed E-state index contributed by atoms with van der Waals surface area (Å²) in [5.41, 5.74) is 0. The third kappa shape index (κ3) is 38.3. The summed E-state index contributed by atoms with van der Waals surface area (Å²) in [4.78, 5) is 24.4. The predicted octanol–water partition coefficient (Wildman–Crippen LogP) is 13.0. The molecule has 0 rings (SSSR count). The number of esters is 1. The molecule has 0 bridgehead atoms. The van der Waals surface area contributed by atoms with E-state index in [0.717, 1.165) is 57.8 Å². The normalized spacial score (nSPS) is 12.8. The van der Waals surface area contributed by atoms with Gasteiger partial charge in [0.2, 0.25) is 5.91 Å². The molecule has 0 aromatic heterocycles. The molecule has 0 aliphatic carbocycles. The van der Waals surface area contributed by atoms with Crippen molar-refractivity contribution in [1.29, 1.82) is 0 Å². The monoisotopic (exact) mass is 736 g/mol. The van der Waals surface area contributed by atoms with Crippen LogP contribution in [0.25, 0.3) is 0 Å². The van der Waals surface area contributed by atoms with E-state index in [9.17, 15) is 19.8 Å². The molecule has 52 heavy (non-hydrogen) atoms. The molecule has 6 heteroatoms. The molecule has 2 unspecified atom stereocenters. The van der Waals surface area contributed by atoms with Gasteiger partial charge in [-0.1, -0.05) is 193 Å². The topological polar surface area (TPSA) is 95.9 Å². The molecular formula is C46H89NO5. The highest BCUT2D eigenvalue weighted by molar-refractivity contribution is 5.76. The summed E-state index contributed by atoms with van der Waals surface area (Å²) in [5.74, 6) is -0.0793. The average molecular weight is 736 g/mol. The third-order valence-corrected chi connectivity index (χ3v) is 10.6. The Morgan fingerprint density at radius 1 is 0.519 bits per heavy atom. The average Bonchev–Trinajstić information content (AvgIpc) is 3.14. The number of unbranched alkanes of at least 4 members (excludes halogenated alkanes) is 29. The first-order valence-corrected chi connectivity index (χ1v) is 22.9. The van der Waals surface area contributed by atoms with Crippen LogP contribution in [0.4, 0.5) is 0 Å². The van der Waals surface area contributed by atoms with E-state index in [4.69, 9.17) is 4.74 Å². The van der Waals surface area contributed by atoms with E-state index in [1.54, 1.807) is 0 Å². The molecule has 0 saturated carbocycles. The Kier molecular flexibility index (Phi) is 41.2. The highest BCUT2D eigenvalue weighted by atomic mass is 16.5. The summed E-state index contributed by atoms with van der Waals surface area (Å²) in [6, 6.07) is -0.553. The minimum absolute atomic E-state index is 0.0241. The summed E-state index contributed by atoms with van der Waals surface area (Å²) < 4.78 is 5.43. The number of aliphatic hydroxyl groups is 2. The van der Waals surface area contributed by atoms with E-state index < -0.39 is 12.1 Å². The van der Waals surface area contributed by atoms with Crippen molar-refractivity contribution in [3.8, 4) is 0 Å². The zero-order valence-corrected chi connectivity index (χ0v) is 34.8. The van der Waals surface area contributed by atoms with Gasteiger partial charge in [0.1, 0.15) is 0 Å². The molecule has 0 aliphatic rings. The lowest BCUT2D eigenvalue weighted by atomic mass is 10.0. The second-order valence-electron chi connectivity index (χ2n) is 15.7. The molecule has 6 nitrogen and oxygen atoms in total. The zero-order chi connectivity index (χ0) is 38.0. The first-order chi connectivity index (χ1) is 25.5. The number of allylic oxidation sites excluding steroid dienone is 2. The minimum atomic E-state index is -0.674. The maximum Gasteiger partial charge on any atom is 0.305 e. The summed E-state index contributed by atoms with van der Waals surface area (Å²) in [7, 11) is 0. The minimum Gasteiger partial charge on any atom is -0.466 e. The molecule has 308 valence electrons. The van der Waals surface area contributed by atoms with Crippen LogP contribution in [0.15, 0.2) is 12.2 Å². The van der Waals surface area contributed by atoms with Gasteiger partial charge >= 0.3 is 5.97 Å². The van der Waals surface area contributed by atoms with Crippen molar-refractivity contribution in [1.82, 2.24) is 5.32 Å². The van der Waals surface area contributed by atoms with Crippen LogP contribution in [0.1, 0.15) is 245 Å². The summed E-state index contributed by atoms with van der Waals surface area (Å²) in [5, 5.41) is 23.1. The van der Waals surface area contributed by atoms with Crippen LogP contribution in [-0.4, -0.2) is 47.4 Å². The van der Waals surface area contributed by atoms with Crippen LogP contribution in [-0.2, 0) is 14.3 Å². The largest absolute Gasteiger partial charge is 0.466 e. The van der Waals surface area contributed by atoms with Crippen molar-refractivity contribution in [2.75, 3.05) is 13.2 Å². The van der Waals surface area contributed by atoms with Crippen molar-refractivity contribution in [3.63, 3.8) is 0 Å². The molecule has 0 aromatic rings. The maximum absolute atomic E-state index is 12.4. The lowest BCUT2D eigenvalue weighted by Gasteiger charge is -2.22. The van der Waals surface area contributed by atoms with E-state index in [-0.39, 0.29) is 18.5 Å². The fourth-order valence-electron chi connectivity index (χ4n) is 6.98. The van der Waals surface area contributed by atoms with Gasteiger partial charge in [0.15, 0.2) is 0 Å². The van der Waals surface area contributed by atoms with Crippen LogP contribution < -0.4 is 5.32 Å². The first kappa shape index (κ1) is 50.6. The Balaban J connectivity index is 3.48. The van der Waals surface area contributed by atoms with Crippen LogP contribution >= 0.6 is 0 Å². The molecule has 2 atom stereocenters. The van der Waals surface area contributed by atoms with E-state index in [1.807, 2.05) is 0 Å². The van der Waals surface area contributed by atoms with Crippen molar-refractivity contribution >= 4 is 11.9 Å². The predicted molar refractivity (Wildman–Crippen MR) is 223 cm³/mol. The van der Waals surface area contributed by atoms with Gasteiger partial charge in [-0.05, 0) is 51.4 Å². The maximum atomic E-state index is 12.4. The number of rotatable bonds is 42. The Bertz CT molecular complexity index is 772. The molecule has 0 spiro atoms. The van der Waals surface area contributed by atoms with Gasteiger partial charge in [0.05, 0.1) is 25.4 Å². The number of amides is 1. The van der Waals surface area contributed by atoms with E-state index in [2.05, 4.69) is 31.3 Å². The molecule has 0 aliphatic heterocycles. The second-order valence-corrected chi connectivity index (χ2v) is 15.7. The lowest BCUT2D eigenvalue weighted by molar-refractivity contribution is -0.143. The number of hydrogen-bond acceptors (Lipinski definition) is 5. The quantitative estimate of drug-likeness (QED) is 0.0329. The SMILES string of the molecule is CCCCC/C=C\CCCCCCCC(=O)OCCCCCCCCCCCCCC(=O)NC(CO)C(O)CCCCCCCCCCCCCC. The standard InChI is InChI=1S/C46H89NO5/c1-3-5-7-9-11-13-15-18-22-26-30-34-38-44(49)43(42-48)47-45(50)39-35-31-27-23-19-17-21-25-29-33-37-41-52-46(51)40-36-32-28-24-20-16-14-12-10-8-6-4-2/h12,14,43-44,48-49H,3-11,13,15-42H2,1-2H3,(H,47,50)/b14-12-. The second kappa shape index (κ2) is 42.3. The van der Waals surface area contributed by atoms with Gasteiger partial charge in [-0.3, -0.25) is 9.59 Å². The number of ether oxygens (including phenoxy) is 1. The molecule has 0 aromatic carbocycles. The fraction of sp³-hybridized carbons (Fsp3) is 0.913. The Hall–Kier alpha value is -1.40. The number of carbonyl (C=O) groups is 2. The van der Waals surface area contributed by atoms with Crippen LogP contribution in [0.3, 0.4) is 0 Å². The Labute approximate surface area is 323 Å². The number of carbonyl (C=O) groups excluding carboxylic acids is 2. The van der Waals surface area contributed by atoms with Crippen molar-refractivity contribution in [2.24, 2.45) is 0 Å². The number of nitrogens with one attached hydrogen (secondary N) is 1. The number of aliphatic hydroxyl groups excluding tert-OH is 2. The highest BCUT2D eigenvalue weighted by Crippen LogP contribution is 2.15. The summed E-state index contributed by atoms with van der Waals surface area (Å²) in [6.07, 6.45) is 45.9. The first-order valence-electron chi connectivity index (χ1n) is 22.9. The Morgan fingerprint density at radius 2 is 0.904 bits per heavy atom. The summed E-state index contributed by atoms with van der Waals surface area (Å²) >= 11 is 0. The molecular weight excluding hydrogens is 647 g/mol. The van der Waals surface area contributed by atoms with Crippen molar-refractivity contribution < 1.29 is 24.5 Å². The van der Waals surface area contributed by atoms with Crippen molar-refractivity contribution in [2.45, 2.75) is 257 Å². The van der Waals surface area contributed by atoms with Crippen molar-refractivity contribution in [3.05, 3.63) is 12.2 Å². The third-order valence-electron chi connectivity index (χ3n) is 10.6. The van der Waals surface area contributed by atoms with E-state index in [0.29, 0.717) is 25.9 Å². The van der Waals surface area contributed by atoms with Crippen LogP contribution in [0, 0.1) is 0 Å². The van der Waals surface area contributed by atoms with Gasteiger partial charge in [0.25, 0.3) is 0 Å². The molecule has 3 N–H and O–H groups in total. The van der Waals surface area contributed by atoms with Gasteiger partial charge in [-0.15, -0.1) is 0 Å². The van der Waals surface area contributed by atoms with Gasteiger partial charge in [-0.25, -0.2) is 0 Å². The number of hydrogen-bond donors (Lipinski definition) is 3. The summed E-state index contributed by atoms with van der Waals surface area (Å²) in [6.45, 7) is 4.87. The van der Waals surface area contributed by atoms with Gasteiger partial charge < -0.3 is 20.3 Å². The zero-order valence-electron chi connectivity index (χ0n) is 34.8. The Morgan fingerprint density at radius 3 is 1.40 bits per heavy atom.